The summed E-state index contributed by atoms with van der Waals surface area (Å²) in [5.74, 6) is -0.910. The monoisotopic (exact) mass is 368 g/mol. The van der Waals surface area contributed by atoms with E-state index in [0.29, 0.717) is 12.8 Å². The number of ether oxygens (including phenoxy) is 1. The van der Waals surface area contributed by atoms with Crippen molar-refractivity contribution in [1.82, 2.24) is 0 Å². The van der Waals surface area contributed by atoms with Gasteiger partial charge in [0.1, 0.15) is 16.7 Å². The van der Waals surface area contributed by atoms with Crippen LogP contribution in [0.15, 0.2) is 71.5 Å². The van der Waals surface area contributed by atoms with Crippen LogP contribution in [-0.2, 0) is 14.3 Å². The molecule has 0 aliphatic heterocycles. The van der Waals surface area contributed by atoms with Crippen LogP contribution in [0, 0.1) is 5.41 Å². The average molecular weight is 369 g/mol. The minimum Gasteiger partial charge on any atom is -0.429 e. The van der Waals surface area contributed by atoms with E-state index in [-0.39, 0.29) is 22.0 Å². The highest BCUT2D eigenvalue weighted by molar-refractivity contribution is 6.43. The molecule has 0 aromatic heterocycles. The minimum absolute atomic E-state index is 0.0394. The fourth-order valence-corrected chi connectivity index (χ4v) is 3.43. The van der Waals surface area contributed by atoms with Gasteiger partial charge in [0.05, 0.1) is 0 Å². The predicted octanol–water partition coefficient (Wildman–Crippen LogP) is 5.20. The van der Waals surface area contributed by atoms with Crippen LogP contribution in [0.25, 0.3) is 0 Å². The number of esters is 1. The standard InChI is InChI=1S/C22H21ClO3/c1-22(2)13-17(24)20(23)18(14-22)26-21(25)19(15-9-5-3-6-10-15)16-11-7-4-8-12-16/h3-12,19H,13-14H2,1-2H3. The average Bonchev–Trinajstić information content (AvgIpc) is 2.61. The third-order valence-electron chi connectivity index (χ3n) is 4.49. The molecule has 0 bridgehead atoms. The van der Waals surface area contributed by atoms with Crippen molar-refractivity contribution in [2.45, 2.75) is 32.6 Å². The van der Waals surface area contributed by atoms with E-state index in [0.717, 1.165) is 11.1 Å². The lowest BCUT2D eigenvalue weighted by molar-refractivity contribution is -0.141. The number of allylic oxidation sites excluding steroid dienone is 2. The molecule has 1 aliphatic carbocycles. The first kappa shape index (κ1) is 18.4. The fourth-order valence-electron chi connectivity index (χ4n) is 3.26. The lowest BCUT2D eigenvalue weighted by Gasteiger charge is -2.30. The first-order valence-corrected chi connectivity index (χ1v) is 8.99. The van der Waals surface area contributed by atoms with E-state index in [9.17, 15) is 9.59 Å². The van der Waals surface area contributed by atoms with E-state index in [1.807, 2.05) is 74.5 Å². The van der Waals surface area contributed by atoms with Crippen molar-refractivity contribution in [3.8, 4) is 0 Å². The molecule has 0 heterocycles. The van der Waals surface area contributed by atoms with Crippen molar-refractivity contribution in [2.75, 3.05) is 0 Å². The summed E-state index contributed by atoms with van der Waals surface area (Å²) < 4.78 is 5.67. The maximum atomic E-state index is 13.0. The van der Waals surface area contributed by atoms with Gasteiger partial charge >= 0.3 is 5.97 Å². The Bertz CT molecular complexity index is 799. The first-order chi connectivity index (χ1) is 12.4. The lowest BCUT2D eigenvalue weighted by Crippen LogP contribution is -2.27. The van der Waals surface area contributed by atoms with E-state index in [2.05, 4.69) is 0 Å². The van der Waals surface area contributed by atoms with Crippen LogP contribution < -0.4 is 0 Å². The number of carbonyl (C=O) groups excluding carboxylic acids is 2. The van der Waals surface area contributed by atoms with Gasteiger partial charge in [-0.3, -0.25) is 9.59 Å². The van der Waals surface area contributed by atoms with Crippen LogP contribution in [0.1, 0.15) is 43.7 Å². The zero-order chi connectivity index (χ0) is 18.7. The molecule has 0 fully saturated rings. The molecular weight excluding hydrogens is 348 g/mol. The van der Waals surface area contributed by atoms with Crippen LogP contribution in [0.2, 0.25) is 0 Å². The smallest absolute Gasteiger partial charge is 0.323 e. The van der Waals surface area contributed by atoms with Gasteiger partial charge < -0.3 is 4.74 Å². The highest BCUT2D eigenvalue weighted by Crippen LogP contribution is 2.39. The number of hydrogen-bond donors (Lipinski definition) is 0. The molecule has 0 unspecified atom stereocenters. The van der Waals surface area contributed by atoms with Gasteiger partial charge in [-0.05, 0) is 16.5 Å². The van der Waals surface area contributed by atoms with E-state index < -0.39 is 11.9 Å². The molecule has 0 atom stereocenters. The summed E-state index contributed by atoms with van der Waals surface area (Å²) in [5.41, 5.74) is 1.39. The molecule has 3 nitrogen and oxygen atoms in total. The molecule has 2 aromatic rings. The summed E-state index contributed by atoms with van der Waals surface area (Å²) in [7, 11) is 0. The molecule has 2 aromatic carbocycles. The van der Waals surface area contributed by atoms with Gasteiger partial charge in [-0.25, -0.2) is 0 Å². The molecule has 3 rings (SSSR count). The molecule has 26 heavy (non-hydrogen) atoms. The molecular formula is C22H21ClO3. The number of carbonyl (C=O) groups is 2. The normalized spacial score (nSPS) is 16.7. The van der Waals surface area contributed by atoms with Crippen LogP contribution in [0.3, 0.4) is 0 Å². The summed E-state index contributed by atoms with van der Waals surface area (Å²) in [6.45, 7) is 3.93. The zero-order valence-electron chi connectivity index (χ0n) is 14.9. The van der Waals surface area contributed by atoms with E-state index in [1.165, 1.54) is 0 Å². The zero-order valence-corrected chi connectivity index (χ0v) is 15.6. The Balaban J connectivity index is 1.94. The van der Waals surface area contributed by atoms with Crippen molar-refractivity contribution in [3.63, 3.8) is 0 Å². The second kappa shape index (κ2) is 7.46. The van der Waals surface area contributed by atoms with Crippen LogP contribution in [0.4, 0.5) is 0 Å². The van der Waals surface area contributed by atoms with Gasteiger partial charge in [0, 0.05) is 12.8 Å². The second-order valence-electron chi connectivity index (χ2n) is 7.35. The summed E-state index contributed by atoms with van der Waals surface area (Å²) in [6.07, 6.45) is 0.813. The van der Waals surface area contributed by atoms with Crippen LogP contribution in [0.5, 0.6) is 0 Å². The summed E-state index contributed by atoms with van der Waals surface area (Å²) in [6, 6.07) is 18.9. The van der Waals surface area contributed by atoms with E-state index in [4.69, 9.17) is 16.3 Å². The van der Waals surface area contributed by atoms with E-state index >= 15 is 0 Å². The Morgan fingerprint density at radius 1 is 0.962 bits per heavy atom. The van der Waals surface area contributed by atoms with Crippen molar-refractivity contribution in [3.05, 3.63) is 82.6 Å². The van der Waals surface area contributed by atoms with Gasteiger partial charge in [-0.1, -0.05) is 86.1 Å². The number of Topliss-reactive ketones (excluding diaryl/α,β-unsaturated/α-hetero) is 1. The number of rotatable bonds is 4. The lowest BCUT2D eigenvalue weighted by atomic mass is 9.79. The molecule has 134 valence electrons. The third-order valence-corrected chi connectivity index (χ3v) is 4.91. The second-order valence-corrected chi connectivity index (χ2v) is 7.73. The molecule has 0 saturated carbocycles. The maximum absolute atomic E-state index is 13.0. The van der Waals surface area contributed by atoms with Gasteiger partial charge in [0.15, 0.2) is 5.78 Å². The number of ketones is 1. The topological polar surface area (TPSA) is 43.4 Å². The van der Waals surface area contributed by atoms with Gasteiger partial charge in [0.25, 0.3) is 0 Å². The largest absolute Gasteiger partial charge is 0.429 e. The highest BCUT2D eigenvalue weighted by Gasteiger charge is 2.35. The molecule has 0 N–H and O–H groups in total. The van der Waals surface area contributed by atoms with Gasteiger partial charge in [0.2, 0.25) is 0 Å². The molecule has 0 saturated heterocycles. The number of benzene rings is 2. The molecule has 1 aliphatic rings. The van der Waals surface area contributed by atoms with Crippen LogP contribution in [-0.4, -0.2) is 11.8 Å². The Morgan fingerprint density at radius 3 is 1.96 bits per heavy atom. The third kappa shape index (κ3) is 4.05. The Morgan fingerprint density at radius 2 is 1.46 bits per heavy atom. The SMILES string of the molecule is CC1(C)CC(=O)C(Cl)=C(OC(=O)C(c2ccccc2)c2ccccc2)C1. The predicted molar refractivity (Wildman–Crippen MR) is 102 cm³/mol. The van der Waals surface area contributed by atoms with Crippen molar-refractivity contribution < 1.29 is 14.3 Å². The number of hydrogen-bond acceptors (Lipinski definition) is 3. The van der Waals surface area contributed by atoms with Gasteiger partial charge in [-0.15, -0.1) is 0 Å². The van der Waals surface area contributed by atoms with Crippen LogP contribution >= 0.6 is 11.6 Å². The minimum atomic E-state index is -0.575. The summed E-state index contributed by atoms with van der Waals surface area (Å²) in [4.78, 5) is 25.2. The Hall–Kier alpha value is -2.39. The van der Waals surface area contributed by atoms with E-state index in [1.54, 1.807) is 0 Å². The van der Waals surface area contributed by atoms with Gasteiger partial charge in [-0.2, -0.15) is 0 Å². The molecule has 0 amide bonds. The molecule has 0 radical (unpaired) electrons. The summed E-state index contributed by atoms with van der Waals surface area (Å²) in [5, 5.41) is 0.0394. The van der Waals surface area contributed by atoms with Crippen molar-refractivity contribution >= 4 is 23.4 Å². The molecule has 0 spiro atoms. The first-order valence-electron chi connectivity index (χ1n) is 8.61. The maximum Gasteiger partial charge on any atom is 0.323 e. The number of halogens is 1. The Labute approximate surface area is 158 Å². The Kier molecular flexibility index (Phi) is 5.28. The quantitative estimate of drug-likeness (QED) is 0.696. The van der Waals surface area contributed by atoms with Crippen molar-refractivity contribution in [1.29, 1.82) is 0 Å². The highest BCUT2D eigenvalue weighted by atomic mass is 35.5. The fraction of sp³-hybridized carbons (Fsp3) is 0.273. The molecule has 4 heteroatoms. The van der Waals surface area contributed by atoms with Crippen molar-refractivity contribution in [2.24, 2.45) is 5.41 Å². The summed E-state index contributed by atoms with van der Waals surface area (Å²) >= 11 is 6.15.